The summed E-state index contributed by atoms with van der Waals surface area (Å²) in [7, 11) is 2.89. The molecule has 0 spiro atoms. The van der Waals surface area contributed by atoms with Crippen LogP contribution in [0.4, 0.5) is 4.79 Å². The summed E-state index contributed by atoms with van der Waals surface area (Å²) in [5.74, 6) is 0.229. The molecule has 2 fully saturated rings. The van der Waals surface area contributed by atoms with Gasteiger partial charge in [-0.2, -0.15) is 0 Å². The molecule has 4 unspecified atom stereocenters. The number of hydrogen-bond donors (Lipinski definition) is 2. The van der Waals surface area contributed by atoms with Gasteiger partial charge >= 0.3 is 12.1 Å². The van der Waals surface area contributed by atoms with E-state index in [1.54, 1.807) is 13.2 Å². The number of likely N-dealkylation sites (tertiary alicyclic amines) is 1. The number of unbranched alkanes of at least 4 members (excludes halogenated alkanes) is 2. The van der Waals surface area contributed by atoms with Gasteiger partial charge in [0.15, 0.2) is 0 Å². The molecule has 2 N–H and O–H groups in total. The van der Waals surface area contributed by atoms with Crippen LogP contribution in [0.15, 0.2) is 23.0 Å². The number of carbonyl (C=O) groups excluding carboxylic acids is 3. The van der Waals surface area contributed by atoms with E-state index in [2.05, 4.69) is 15.3 Å². The number of methoxy groups -OCH3 is 2. The van der Waals surface area contributed by atoms with Gasteiger partial charge in [-0.25, -0.2) is 14.6 Å². The lowest BCUT2D eigenvalue weighted by Gasteiger charge is -2.34. The first-order valence-electron chi connectivity index (χ1n) is 14.4. The van der Waals surface area contributed by atoms with Gasteiger partial charge in [0.1, 0.15) is 29.6 Å². The molecule has 2 amide bonds. The fraction of sp³-hybridized carbons (Fsp3) is 0.633. The molecule has 1 aliphatic heterocycles. The van der Waals surface area contributed by atoms with E-state index in [0.717, 1.165) is 37.6 Å². The van der Waals surface area contributed by atoms with Gasteiger partial charge in [-0.1, -0.05) is 33.6 Å². The number of nitrogens with zero attached hydrogens (tertiary/aromatic N) is 2. The quantitative estimate of drug-likeness (QED) is 0.308. The zero-order valence-electron chi connectivity index (χ0n) is 24.7. The van der Waals surface area contributed by atoms with Crippen LogP contribution < -0.4 is 15.6 Å². The molecule has 1 aromatic carbocycles. The molecule has 224 valence electrons. The number of H-pyrrole nitrogens is 1. The standard InChI is InChI=1S/C30H42N4O7/c1-30(2,3)25(27(36)34-15-9-12-23(34)28(37)40-5)33-29(38)41-24-16-18(24)10-7-6-8-11-21-26(35)32-22-17-19(39-4)13-14-20(22)31-21/h13-14,17-18,23-25H,6-12,15-16H2,1-5H3,(H,32,35)(H,33,38). The maximum Gasteiger partial charge on any atom is 0.408 e. The number of fused-ring (bicyclic) bond motifs is 1. The van der Waals surface area contributed by atoms with Crippen molar-refractivity contribution in [3.8, 4) is 5.75 Å². The summed E-state index contributed by atoms with van der Waals surface area (Å²) in [4.78, 5) is 59.6. The number of aromatic amines is 1. The van der Waals surface area contributed by atoms with E-state index in [-0.39, 0.29) is 17.6 Å². The molecular weight excluding hydrogens is 528 g/mol. The Hall–Kier alpha value is -3.63. The summed E-state index contributed by atoms with van der Waals surface area (Å²) >= 11 is 0. The number of nitrogens with one attached hydrogen (secondary N) is 2. The number of ether oxygens (including phenoxy) is 3. The second kappa shape index (κ2) is 12.9. The summed E-state index contributed by atoms with van der Waals surface area (Å²) in [6.45, 7) is 6.07. The molecule has 4 atom stereocenters. The van der Waals surface area contributed by atoms with Crippen molar-refractivity contribution in [1.82, 2.24) is 20.2 Å². The van der Waals surface area contributed by atoms with Gasteiger partial charge in [-0.3, -0.25) is 9.59 Å². The van der Waals surface area contributed by atoms with Gasteiger partial charge < -0.3 is 29.4 Å². The number of amides is 2. The monoisotopic (exact) mass is 570 g/mol. The minimum atomic E-state index is -0.827. The fourth-order valence-electron chi connectivity index (χ4n) is 5.46. The lowest BCUT2D eigenvalue weighted by molar-refractivity contribution is -0.152. The molecule has 1 aliphatic carbocycles. The summed E-state index contributed by atoms with van der Waals surface area (Å²) in [5, 5.41) is 2.77. The Morgan fingerprint density at radius 3 is 2.66 bits per heavy atom. The normalized spacial score (nSPS) is 20.9. The molecular formula is C30H42N4O7. The Balaban J connectivity index is 1.20. The minimum absolute atomic E-state index is 0.165. The number of esters is 1. The van der Waals surface area contributed by atoms with Gasteiger partial charge in [0.05, 0.1) is 25.3 Å². The Bertz CT molecular complexity index is 1320. The van der Waals surface area contributed by atoms with E-state index >= 15 is 0 Å². The SMILES string of the molecule is COC(=O)C1CCCN1C(=O)C(NC(=O)OC1CC1CCCCCc1nc2ccc(OC)cc2[nH]c1=O)C(C)(C)C. The second-order valence-electron chi connectivity index (χ2n) is 12.1. The van der Waals surface area contributed by atoms with Gasteiger partial charge in [0.25, 0.3) is 5.56 Å². The predicted molar refractivity (Wildman–Crippen MR) is 153 cm³/mol. The average Bonchev–Trinajstić information content (AvgIpc) is 3.46. The van der Waals surface area contributed by atoms with Gasteiger partial charge in [-0.05, 0) is 62.0 Å². The zero-order chi connectivity index (χ0) is 29.7. The summed E-state index contributed by atoms with van der Waals surface area (Å²) < 4.78 is 15.7. The van der Waals surface area contributed by atoms with Gasteiger partial charge in [0, 0.05) is 12.6 Å². The van der Waals surface area contributed by atoms with Crippen LogP contribution in [0.5, 0.6) is 5.75 Å². The molecule has 11 heteroatoms. The van der Waals surface area contributed by atoms with Crippen LogP contribution in [0, 0.1) is 11.3 Å². The first-order chi connectivity index (χ1) is 19.5. The van der Waals surface area contributed by atoms with E-state index in [1.807, 2.05) is 32.9 Å². The minimum Gasteiger partial charge on any atom is -0.497 e. The number of aromatic nitrogens is 2. The Morgan fingerprint density at radius 2 is 1.95 bits per heavy atom. The van der Waals surface area contributed by atoms with Crippen LogP contribution in [0.25, 0.3) is 11.0 Å². The number of carbonyl (C=O) groups is 3. The molecule has 41 heavy (non-hydrogen) atoms. The third-order valence-electron chi connectivity index (χ3n) is 7.96. The van der Waals surface area contributed by atoms with E-state index < -0.39 is 29.6 Å². The first kappa shape index (κ1) is 30.3. The van der Waals surface area contributed by atoms with Crippen LogP contribution >= 0.6 is 0 Å². The van der Waals surface area contributed by atoms with Crippen LogP contribution in [-0.2, 0) is 25.5 Å². The molecule has 2 aliphatic rings. The average molecular weight is 571 g/mol. The summed E-state index contributed by atoms with van der Waals surface area (Å²) in [6.07, 6.45) is 5.55. The maximum atomic E-state index is 13.4. The van der Waals surface area contributed by atoms with Crippen molar-refractivity contribution in [3.63, 3.8) is 0 Å². The molecule has 2 heterocycles. The van der Waals surface area contributed by atoms with Gasteiger partial charge in [-0.15, -0.1) is 0 Å². The van der Waals surface area contributed by atoms with Crippen molar-refractivity contribution in [2.24, 2.45) is 11.3 Å². The Kier molecular flexibility index (Phi) is 9.55. The van der Waals surface area contributed by atoms with Crippen LogP contribution in [0.2, 0.25) is 0 Å². The molecule has 1 saturated carbocycles. The highest BCUT2D eigenvalue weighted by atomic mass is 16.6. The van der Waals surface area contributed by atoms with Crippen molar-refractivity contribution >= 4 is 29.0 Å². The lowest BCUT2D eigenvalue weighted by Crippen LogP contribution is -2.57. The lowest BCUT2D eigenvalue weighted by atomic mass is 9.85. The molecule has 1 aromatic heterocycles. The van der Waals surface area contributed by atoms with E-state index in [1.165, 1.54) is 12.0 Å². The van der Waals surface area contributed by atoms with Crippen LogP contribution in [0.1, 0.15) is 71.4 Å². The molecule has 1 saturated heterocycles. The third kappa shape index (κ3) is 7.56. The molecule has 0 bridgehead atoms. The number of aryl methyl sites for hydroxylation is 1. The van der Waals surface area contributed by atoms with Crippen molar-refractivity contribution in [2.75, 3.05) is 20.8 Å². The van der Waals surface area contributed by atoms with Crippen molar-refractivity contribution in [2.45, 2.75) is 90.3 Å². The largest absolute Gasteiger partial charge is 0.497 e. The number of benzene rings is 1. The van der Waals surface area contributed by atoms with Crippen molar-refractivity contribution < 1.29 is 28.6 Å². The highest BCUT2D eigenvalue weighted by Gasteiger charge is 2.44. The van der Waals surface area contributed by atoms with Crippen LogP contribution in [0.3, 0.4) is 0 Å². The Labute approximate surface area is 240 Å². The molecule has 4 rings (SSSR count). The summed E-state index contributed by atoms with van der Waals surface area (Å²) in [5.41, 5.74) is 1.17. The van der Waals surface area contributed by atoms with E-state index in [9.17, 15) is 19.2 Å². The number of hydrogen-bond acceptors (Lipinski definition) is 8. The molecule has 2 aromatic rings. The predicted octanol–water partition coefficient (Wildman–Crippen LogP) is 3.73. The van der Waals surface area contributed by atoms with E-state index in [4.69, 9.17) is 14.2 Å². The maximum absolute atomic E-state index is 13.4. The topological polar surface area (TPSA) is 140 Å². The van der Waals surface area contributed by atoms with E-state index in [0.29, 0.717) is 48.7 Å². The second-order valence-corrected chi connectivity index (χ2v) is 12.1. The van der Waals surface area contributed by atoms with Crippen molar-refractivity contribution in [3.05, 3.63) is 34.2 Å². The molecule has 0 radical (unpaired) electrons. The highest BCUT2D eigenvalue weighted by Crippen LogP contribution is 2.38. The Morgan fingerprint density at radius 1 is 1.17 bits per heavy atom. The third-order valence-corrected chi connectivity index (χ3v) is 7.96. The zero-order valence-corrected chi connectivity index (χ0v) is 24.7. The van der Waals surface area contributed by atoms with Gasteiger partial charge in [0.2, 0.25) is 5.91 Å². The van der Waals surface area contributed by atoms with Crippen LogP contribution in [-0.4, -0.2) is 71.8 Å². The molecule has 11 nitrogen and oxygen atoms in total. The highest BCUT2D eigenvalue weighted by molar-refractivity contribution is 5.90. The van der Waals surface area contributed by atoms with Crippen molar-refractivity contribution in [1.29, 1.82) is 0 Å². The number of rotatable bonds is 11. The summed E-state index contributed by atoms with van der Waals surface area (Å²) in [6, 6.07) is 3.97. The first-order valence-corrected chi connectivity index (χ1v) is 14.4. The number of alkyl carbamates (subject to hydrolysis) is 1. The fourth-order valence-corrected chi connectivity index (χ4v) is 5.46. The smallest absolute Gasteiger partial charge is 0.408 e.